The molecule has 1 fully saturated rings. The van der Waals surface area contributed by atoms with Crippen molar-refractivity contribution >= 4 is 5.91 Å². The number of rotatable bonds is 5. The number of nitrogens with zero attached hydrogens (tertiary/aromatic N) is 5. The van der Waals surface area contributed by atoms with E-state index in [4.69, 9.17) is 5.10 Å². The highest BCUT2D eigenvalue weighted by Crippen LogP contribution is 2.28. The minimum absolute atomic E-state index is 0.0600. The summed E-state index contributed by atoms with van der Waals surface area (Å²) in [6.45, 7) is 6.25. The van der Waals surface area contributed by atoms with Gasteiger partial charge in [0.15, 0.2) is 0 Å². The molecule has 0 N–H and O–H groups in total. The molecule has 5 rings (SSSR count). The molecule has 0 saturated carbocycles. The van der Waals surface area contributed by atoms with Crippen molar-refractivity contribution in [2.75, 3.05) is 13.1 Å². The number of benzene rings is 2. The van der Waals surface area contributed by atoms with Gasteiger partial charge in [-0.25, -0.2) is 4.98 Å². The van der Waals surface area contributed by atoms with E-state index in [-0.39, 0.29) is 5.91 Å². The van der Waals surface area contributed by atoms with Gasteiger partial charge in [-0.05, 0) is 32.3 Å². The van der Waals surface area contributed by atoms with E-state index in [2.05, 4.69) is 71.9 Å². The third-order valence-corrected chi connectivity index (χ3v) is 6.48. The van der Waals surface area contributed by atoms with Gasteiger partial charge in [0.05, 0.1) is 18.4 Å². The highest BCUT2D eigenvalue weighted by atomic mass is 16.2. The average Bonchev–Trinajstić information content (AvgIpc) is 3.51. The molecule has 33 heavy (non-hydrogen) atoms. The van der Waals surface area contributed by atoms with Crippen LogP contribution in [-0.2, 0) is 6.54 Å². The van der Waals surface area contributed by atoms with Crippen LogP contribution in [0.15, 0.2) is 73.4 Å². The second kappa shape index (κ2) is 9.06. The van der Waals surface area contributed by atoms with Crippen LogP contribution in [0.5, 0.6) is 0 Å². The number of aryl methyl sites for hydroxylation is 2. The summed E-state index contributed by atoms with van der Waals surface area (Å²) < 4.78 is 4.05. The second-order valence-corrected chi connectivity index (χ2v) is 8.97. The van der Waals surface area contributed by atoms with Crippen molar-refractivity contribution in [2.24, 2.45) is 0 Å². The minimum atomic E-state index is 0.0600. The summed E-state index contributed by atoms with van der Waals surface area (Å²) in [5, 5.41) is 4.86. The maximum absolute atomic E-state index is 13.6. The number of aromatic nitrogens is 4. The Hall–Kier alpha value is -3.67. The first-order chi connectivity index (χ1) is 16.1. The lowest BCUT2D eigenvalue weighted by Gasteiger charge is -2.32. The molecule has 0 bridgehead atoms. The lowest BCUT2D eigenvalue weighted by atomic mass is 10.0. The van der Waals surface area contributed by atoms with Crippen molar-refractivity contribution in [3.63, 3.8) is 0 Å². The fourth-order valence-corrected chi connectivity index (χ4v) is 4.49. The monoisotopic (exact) mass is 439 g/mol. The Balaban J connectivity index is 1.41. The van der Waals surface area contributed by atoms with Crippen LogP contribution in [0.2, 0.25) is 0 Å². The Morgan fingerprint density at radius 1 is 0.970 bits per heavy atom. The summed E-state index contributed by atoms with van der Waals surface area (Å²) in [5.74, 6) is 0.0600. The van der Waals surface area contributed by atoms with Crippen molar-refractivity contribution in [3.05, 3.63) is 95.7 Å². The molecule has 1 aliphatic rings. The third kappa shape index (κ3) is 4.60. The van der Waals surface area contributed by atoms with Gasteiger partial charge >= 0.3 is 0 Å². The van der Waals surface area contributed by atoms with Crippen molar-refractivity contribution in [1.29, 1.82) is 0 Å². The van der Waals surface area contributed by atoms with Crippen LogP contribution >= 0.6 is 0 Å². The molecule has 3 heterocycles. The molecule has 6 heteroatoms. The number of carbonyl (C=O) groups is 1. The van der Waals surface area contributed by atoms with Gasteiger partial charge in [0.1, 0.15) is 5.69 Å². The zero-order valence-corrected chi connectivity index (χ0v) is 19.2. The lowest BCUT2D eigenvalue weighted by Crippen LogP contribution is -2.39. The molecule has 0 spiro atoms. The molecule has 0 atom stereocenters. The molecule has 1 amide bonds. The highest BCUT2D eigenvalue weighted by Gasteiger charge is 2.27. The molecular weight excluding hydrogens is 410 g/mol. The van der Waals surface area contributed by atoms with Crippen LogP contribution in [-0.4, -0.2) is 43.2 Å². The van der Waals surface area contributed by atoms with E-state index >= 15 is 0 Å². The Morgan fingerprint density at radius 3 is 2.27 bits per heavy atom. The number of imidazole rings is 1. The minimum Gasteiger partial charge on any atom is -0.338 e. The Kier molecular flexibility index (Phi) is 5.82. The molecular formula is C27H29N5O. The van der Waals surface area contributed by atoms with E-state index in [0.29, 0.717) is 18.2 Å². The van der Waals surface area contributed by atoms with Gasteiger partial charge < -0.3 is 9.47 Å². The van der Waals surface area contributed by atoms with Crippen molar-refractivity contribution in [2.45, 2.75) is 39.3 Å². The van der Waals surface area contributed by atoms with Crippen LogP contribution in [0.1, 0.15) is 45.9 Å². The van der Waals surface area contributed by atoms with Crippen LogP contribution < -0.4 is 0 Å². The molecule has 0 aliphatic carbocycles. The predicted molar refractivity (Wildman–Crippen MR) is 129 cm³/mol. The largest absolute Gasteiger partial charge is 0.338 e. The Bertz CT molecular complexity index is 1210. The van der Waals surface area contributed by atoms with Crippen LogP contribution in [0, 0.1) is 13.8 Å². The molecule has 0 radical (unpaired) electrons. The van der Waals surface area contributed by atoms with Gasteiger partial charge in [0.2, 0.25) is 0 Å². The first-order valence-electron chi connectivity index (χ1n) is 11.5. The standard InChI is InChI=1S/C27H29N5O/c1-20-3-7-22(8-4-20)17-32-18-25(26(29-32)23-9-5-21(2)6-10-23)27(33)30-14-11-24(12-15-30)31-16-13-28-19-31/h3-10,13,16,18-19,24H,11-12,14-15,17H2,1-2H3. The smallest absolute Gasteiger partial charge is 0.257 e. The van der Waals surface area contributed by atoms with E-state index in [9.17, 15) is 4.79 Å². The van der Waals surface area contributed by atoms with E-state index in [0.717, 1.165) is 37.2 Å². The molecule has 0 unspecified atom stereocenters. The average molecular weight is 440 g/mol. The zero-order chi connectivity index (χ0) is 22.8. The zero-order valence-electron chi connectivity index (χ0n) is 19.2. The first-order valence-corrected chi connectivity index (χ1v) is 11.5. The summed E-state index contributed by atoms with van der Waals surface area (Å²) in [6.07, 6.45) is 9.46. The number of piperidine rings is 1. The van der Waals surface area contributed by atoms with Crippen molar-refractivity contribution in [1.82, 2.24) is 24.2 Å². The normalized spacial score (nSPS) is 14.5. The number of carbonyl (C=O) groups excluding carboxylic acids is 1. The van der Waals surface area contributed by atoms with E-state index in [1.54, 1.807) is 0 Å². The summed E-state index contributed by atoms with van der Waals surface area (Å²) in [4.78, 5) is 19.8. The number of likely N-dealkylation sites (tertiary alicyclic amines) is 1. The van der Waals surface area contributed by atoms with Crippen LogP contribution in [0.4, 0.5) is 0 Å². The molecule has 4 aromatic rings. The van der Waals surface area contributed by atoms with Gasteiger partial charge in [-0.3, -0.25) is 9.48 Å². The summed E-state index contributed by atoms with van der Waals surface area (Å²) in [6, 6.07) is 17.1. The van der Waals surface area contributed by atoms with E-state index in [1.165, 1.54) is 16.7 Å². The molecule has 1 aliphatic heterocycles. The lowest BCUT2D eigenvalue weighted by molar-refractivity contribution is 0.0695. The SMILES string of the molecule is Cc1ccc(Cn2cc(C(=O)N3CCC(n4ccnc4)CC3)c(-c3ccc(C)cc3)n2)cc1. The van der Waals surface area contributed by atoms with E-state index in [1.807, 2.05) is 34.5 Å². The van der Waals surface area contributed by atoms with Gasteiger partial charge in [0, 0.05) is 43.3 Å². The number of amides is 1. The van der Waals surface area contributed by atoms with Crippen molar-refractivity contribution in [3.8, 4) is 11.3 Å². The highest BCUT2D eigenvalue weighted by molar-refractivity contribution is 5.99. The van der Waals surface area contributed by atoms with Crippen molar-refractivity contribution < 1.29 is 4.79 Å². The van der Waals surface area contributed by atoms with Gasteiger partial charge in [0.25, 0.3) is 5.91 Å². The summed E-state index contributed by atoms with van der Waals surface area (Å²) in [7, 11) is 0. The summed E-state index contributed by atoms with van der Waals surface area (Å²) >= 11 is 0. The maximum atomic E-state index is 13.6. The topological polar surface area (TPSA) is 56.0 Å². The second-order valence-electron chi connectivity index (χ2n) is 8.97. The summed E-state index contributed by atoms with van der Waals surface area (Å²) in [5.41, 5.74) is 5.98. The fraction of sp³-hybridized carbons (Fsp3) is 0.296. The Morgan fingerprint density at radius 2 is 1.64 bits per heavy atom. The molecule has 168 valence electrons. The van der Waals surface area contributed by atoms with E-state index < -0.39 is 0 Å². The number of hydrogen-bond acceptors (Lipinski definition) is 3. The predicted octanol–water partition coefficient (Wildman–Crippen LogP) is 4.89. The maximum Gasteiger partial charge on any atom is 0.257 e. The quantitative estimate of drug-likeness (QED) is 0.445. The first kappa shape index (κ1) is 21.2. The fourth-order valence-electron chi connectivity index (χ4n) is 4.49. The van der Waals surface area contributed by atoms with Crippen LogP contribution in [0.25, 0.3) is 11.3 Å². The van der Waals surface area contributed by atoms with Gasteiger partial charge in [-0.15, -0.1) is 0 Å². The Labute approximate surface area is 194 Å². The van der Waals surface area contributed by atoms with Crippen LogP contribution in [0.3, 0.4) is 0 Å². The molecule has 2 aromatic heterocycles. The molecule has 2 aromatic carbocycles. The van der Waals surface area contributed by atoms with Gasteiger partial charge in [-0.1, -0.05) is 59.7 Å². The molecule has 1 saturated heterocycles. The third-order valence-electron chi connectivity index (χ3n) is 6.48. The van der Waals surface area contributed by atoms with Gasteiger partial charge in [-0.2, -0.15) is 5.10 Å². The number of hydrogen-bond donors (Lipinski definition) is 0. The molecule has 6 nitrogen and oxygen atoms in total.